The molecule has 1 N–H and O–H groups in total. The molecule has 0 unspecified atom stereocenters. The van der Waals surface area contributed by atoms with E-state index in [1.54, 1.807) is 0 Å². The molecule has 0 amide bonds. The molecule has 24 heavy (non-hydrogen) atoms. The van der Waals surface area contributed by atoms with Gasteiger partial charge in [0.2, 0.25) is 0 Å². The number of halogens is 1. The first-order valence-electron chi connectivity index (χ1n) is 7.08. The maximum atomic E-state index is 13.0. The number of hydrogen-bond acceptors (Lipinski definition) is 3. The van der Waals surface area contributed by atoms with Crippen molar-refractivity contribution in [3.05, 3.63) is 68.2 Å². The zero-order valence-corrected chi connectivity index (χ0v) is 13.0. The van der Waals surface area contributed by atoms with Crippen LogP contribution in [-0.2, 0) is 20.6 Å². The first-order valence-corrected chi connectivity index (χ1v) is 7.08. The van der Waals surface area contributed by atoms with Crippen LogP contribution in [0.15, 0.2) is 39.9 Å². The van der Waals surface area contributed by atoms with E-state index in [0.717, 1.165) is 4.57 Å². The van der Waals surface area contributed by atoms with Gasteiger partial charge in [-0.25, -0.2) is 14.0 Å². The van der Waals surface area contributed by atoms with Crippen molar-refractivity contribution >= 4 is 17.0 Å². The molecule has 7 nitrogen and oxygen atoms in total. The number of fused-ring (bicyclic) bond motifs is 1. The van der Waals surface area contributed by atoms with Crippen LogP contribution in [0.2, 0.25) is 0 Å². The highest BCUT2D eigenvalue weighted by Gasteiger charge is 2.20. The van der Waals surface area contributed by atoms with Crippen molar-refractivity contribution < 1.29 is 14.3 Å². The van der Waals surface area contributed by atoms with Crippen molar-refractivity contribution in [3.63, 3.8) is 0 Å². The summed E-state index contributed by atoms with van der Waals surface area (Å²) >= 11 is 0. The maximum Gasteiger partial charge on any atom is 0.352 e. The van der Waals surface area contributed by atoms with E-state index in [4.69, 9.17) is 0 Å². The second-order valence-electron chi connectivity index (χ2n) is 5.49. The highest BCUT2D eigenvalue weighted by Crippen LogP contribution is 2.18. The minimum atomic E-state index is -1.22. The lowest BCUT2D eigenvalue weighted by molar-refractivity contribution is 0.0686. The molecule has 0 saturated heterocycles. The molecule has 0 aliphatic rings. The van der Waals surface area contributed by atoms with Crippen LogP contribution in [0.5, 0.6) is 0 Å². The zero-order chi connectivity index (χ0) is 17.6. The van der Waals surface area contributed by atoms with E-state index in [0.29, 0.717) is 5.56 Å². The Hall–Kier alpha value is -3.16. The third kappa shape index (κ3) is 2.32. The molecule has 0 aliphatic heterocycles. The molecule has 0 fully saturated rings. The molecule has 0 spiro atoms. The van der Waals surface area contributed by atoms with Crippen molar-refractivity contribution in [2.45, 2.75) is 6.54 Å². The van der Waals surface area contributed by atoms with Gasteiger partial charge in [-0.05, 0) is 23.8 Å². The molecule has 2 aromatic heterocycles. The van der Waals surface area contributed by atoms with Crippen LogP contribution in [0.3, 0.4) is 0 Å². The van der Waals surface area contributed by atoms with Crippen LogP contribution >= 0.6 is 0 Å². The van der Waals surface area contributed by atoms with E-state index < -0.39 is 23.0 Å². The number of carboxylic acids is 1. The highest BCUT2D eigenvalue weighted by atomic mass is 19.1. The predicted molar refractivity (Wildman–Crippen MR) is 84.9 cm³/mol. The van der Waals surface area contributed by atoms with Crippen LogP contribution in [-0.4, -0.2) is 24.8 Å². The van der Waals surface area contributed by atoms with Crippen LogP contribution < -0.4 is 11.2 Å². The molecule has 0 saturated carbocycles. The lowest BCUT2D eigenvalue weighted by atomic mass is 10.2. The van der Waals surface area contributed by atoms with E-state index in [1.165, 1.54) is 53.6 Å². The Morgan fingerprint density at radius 2 is 1.75 bits per heavy atom. The van der Waals surface area contributed by atoms with E-state index >= 15 is 0 Å². The minimum Gasteiger partial charge on any atom is -0.477 e. The molecular weight excluding hydrogens is 317 g/mol. The van der Waals surface area contributed by atoms with Crippen LogP contribution in [0, 0.1) is 5.82 Å². The number of carboxylic acid groups (broad SMARTS) is 1. The van der Waals surface area contributed by atoms with E-state index in [1.807, 2.05) is 0 Å². The monoisotopic (exact) mass is 331 g/mol. The number of aromatic carboxylic acids is 1. The Morgan fingerprint density at radius 3 is 2.33 bits per heavy atom. The fourth-order valence-electron chi connectivity index (χ4n) is 2.75. The summed E-state index contributed by atoms with van der Waals surface area (Å²) in [6, 6.07) is 6.82. The van der Waals surface area contributed by atoms with E-state index in [-0.39, 0.29) is 23.3 Å². The van der Waals surface area contributed by atoms with Gasteiger partial charge in [-0.2, -0.15) is 0 Å². The Labute approximate surface area is 134 Å². The largest absolute Gasteiger partial charge is 0.477 e. The minimum absolute atomic E-state index is 0.0891. The van der Waals surface area contributed by atoms with Gasteiger partial charge in [0.1, 0.15) is 17.2 Å². The van der Waals surface area contributed by atoms with Crippen molar-refractivity contribution in [3.8, 4) is 0 Å². The number of hydrogen-bond donors (Lipinski definition) is 1. The van der Waals surface area contributed by atoms with Gasteiger partial charge >= 0.3 is 11.7 Å². The Kier molecular flexibility index (Phi) is 3.59. The molecule has 0 atom stereocenters. The van der Waals surface area contributed by atoms with Crippen molar-refractivity contribution in [2.75, 3.05) is 0 Å². The molecule has 3 rings (SSSR count). The number of rotatable bonds is 3. The fourth-order valence-corrected chi connectivity index (χ4v) is 2.75. The van der Waals surface area contributed by atoms with Crippen LogP contribution in [0.1, 0.15) is 16.1 Å². The predicted octanol–water partition coefficient (Wildman–Crippen LogP) is 0.924. The van der Waals surface area contributed by atoms with Gasteiger partial charge in [0.25, 0.3) is 5.56 Å². The summed E-state index contributed by atoms with van der Waals surface area (Å²) in [5, 5.41) is 9.57. The standard InChI is InChI=1S/C16H14FN3O4/c1-18-13-11(14(21)19(2)16(18)24)7-12(15(22)23)20(13)8-9-3-5-10(17)6-4-9/h3-7H,8H2,1-2H3,(H,22,23). The smallest absolute Gasteiger partial charge is 0.352 e. The van der Waals surface area contributed by atoms with Gasteiger partial charge in [-0.15, -0.1) is 0 Å². The number of nitrogens with zero attached hydrogens (tertiary/aromatic N) is 3. The Bertz CT molecular complexity index is 1070. The molecule has 3 aromatic rings. The van der Waals surface area contributed by atoms with Gasteiger partial charge in [-0.3, -0.25) is 13.9 Å². The van der Waals surface area contributed by atoms with Gasteiger partial charge in [0.15, 0.2) is 0 Å². The zero-order valence-electron chi connectivity index (χ0n) is 13.0. The molecule has 0 bridgehead atoms. The second kappa shape index (κ2) is 5.48. The van der Waals surface area contributed by atoms with Crippen molar-refractivity contribution in [1.82, 2.24) is 13.7 Å². The maximum absolute atomic E-state index is 13.0. The van der Waals surface area contributed by atoms with E-state index in [2.05, 4.69) is 0 Å². The number of aromatic nitrogens is 3. The lowest BCUT2D eigenvalue weighted by Gasteiger charge is -2.11. The van der Waals surface area contributed by atoms with Gasteiger partial charge in [0, 0.05) is 20.6 Å². The second-order valence-corrected chi connectivity index (χ2v) is 5.49. The number of aryl methyl sites for hydroxylation is 1. The lowest BCUT2D eigenvalue weighted by Crippen LogP contribution is -2.37. The van der Waals surface area contributed by atoms with Gasteiger partial charge in [0.05, 0.1) is 5.39 Å². The number of carbonyl (C=O) groups is 1. The first-order chi connectivity index (χ1) is 11.3. The third-order valence-corrected chi connectivity index (χ3v) is 3.97. The molecule has 124 valence electrons. The topological polar surface area (TPSA) is 86.2 Å². The number of benzene rings is 1. The SMILES string of the molecule is Cn1c(=O)c2cc(C(=O)O)n(Cc3ccc(F)cc3)c2n(C)c1=O. The Morgan fingerprint density at radius 1 is 1.12 bits per heavy atom. The first kappa shape index (κ1) is 15.7. The normalized spacial score (nSPS) is 11.1. The summed E-state index contributed by atoms with van der Waals surface area (Å²) in [6.45, 7) is 0.0891. The quantitative estimate of drug-likeness (QED) is 0.773. The van der Waals surface area contributed by atoms with Crippen LogP contribution in [0.4, 0.5) is 4.39 Å². The third-order valence-electron chi connectivity index (χ3n) is 3.97. The molecular formula is C16H14FN3O4. The molecule has 2 heterocycles. The average Bonchev–Trinajstić information content (AvgIpc) is 2.92. The highest BCUT2D eigenvalue weighted by molar-refractivity contribution is 5.93. The summed E-state index contributed by atoms with van der Waals surface area (Å²) in [5.74, 6) is -1.63. The molecule has 0 radical (unpaired) electrons. The van der Waals surface area contributed by atoms with Gasteiger partial charge < -0.3 is 9.67 Å². The average molecular weight is 331 g/mol. The van der Waals surface area contributed by atoms with Gasteiger partial charge in [-0.1, -0.05) is 12.1 Å². The summed E-state index contributed by atoms with van der Waals surface area (Å²) in [6.07, 6.45) is 0. The summed E-state index contributed by atoms with van der Waals surface area (Å²) in [5.41, 5.74) is -0.377. The van der Waals surface area contributed by atoms with Crippen LogP contribution in [0.25, 0.3) is 11.0 Å². The summed E-state index contributed by atoms with van der Waals surface area (Å²) in [7, 11) is 2.80. The van der Waals surface area contributed by atoms with Crippen molar-refractivity contribution in [1.29, 1.82) is 0 Å². The van der Waals surface area contributed by atoms with Crippen molar-refractivity contribution in [2.24, 2.45) is 14.1 Å². The molecule has 8 heteroatoms. The fraction of sp³-hybridized carbons (Fsp3) is 0.188. The summed E-state index contributed by atoms with van der Waals surface area (Å²) < 4.78 is 16.6. The Balaban J connectivity index is 2.34. The molecule has 0 aliphatic carbocycles. The van der Waals surface area contributed by atoms with E-state index in [9.17, 15) is 23.9 Å². The molecule has 1 aromatic carbocycles. The summed E-state index contributed by atoms with van der Waals surface area (Å²) in [4.78, 5) is 36.0.